The van der Waals surface area contributed by atoms with Crippen molar-refractivity contribution in [2.45, 2.75) is 44.4 Å². The molecule has 2 atom stereocenters. The third-order valence-corrected chi connectivity index (χ3v) is 6.71. The maximum atomic E-state index is 12.9. The summed E-state index contributed by atoms with van der Waals surface area (Å²) in [6.45, 7) is 2.91. The van der Waals surface area contributed by atoms with Gasteiger partial charge in [0, 0.05) is 37.4 Å². The van der Waals surface area contributed by atoms with Crippen molar-refractivity contribution in [3.05, 3.63) is 71.5 Å². The summed E-state index contributed by atoms with van der Waals surface area (Å²) in [6, 6.07) is 17.0. The van der Waals surface area contributed by atoms with Crippen molar-refractivity contribution < 1.29 is 19.4 Å². The van der Waals surface area contributed by atoms with Gasteiger partial charge in [0.15, 0.2) is 0 Å². The van der Waals surface area contributed by atoms with Crippen molar-refractivity contribution in [2.75, 3.05) is 29.9 Å². The van der Waals surface area contributed by atoms with Gasteiger partial charge in [-0.25, -0.2) is 0 Å². The van der Waals surface area contributed by atoms with E-state index in [2.05, 4.69) is 10.2 Å². The van der Waals surface area contributed by atoms with Crippen molar-refractivity contribution in [3.8, 4) is 0 Å². The average Bonchev–Trinajstić information content (AvgIpc) is 3.38. The highest BCUT2D eigenvalue weighted by atomic mass is 16.5. The van der Waals surface area contributed by atoms with Crippen LogP contribution in [-0.4, -0.2) is 53.6 Å². The van der Waals surface area contributed by atoms with Gasteiger partial charge in [0.25, 0.3) is 11.8 Å². The minimum atomic E-state index is -0.570. The highest BCUT2D eigenvalue weighted by molar-refractivity contribution is 6.24. The molecule has 2 aromatic rings. The summed E-state index contributed by atoms with van der Waals surface area (Å²) >= 11 is 0. The van der Waals surface area contributed by atoms with Crippen LogP contribution in [0.2, 0.25) is 0 Å². The van der Waals surface area contributed by atoms with E-state index < -0.39 is 17.9 Å². The van der Waals surface area contributed by atoms with E-state index in [1.165, 1.54) is 19.3 Å². The Balaban J connectivity index is 1.20. The number of anilines is 2. The highest BCUT2D eigenvalue weighted by Gasteiger charge is 2.48. The first-order valence-electron chi connectivity index (χ1n) is 11.7. The van der Waals surface area contributed by atoms with Crippen molar-refractivity contribution in [2.24, 2.45) is 0 Å². The Morgan fingerprint density at radius 1 is 1.03 bits per heavy atom. The van der Waals surface area contributed by atoms with Crippen molar-refractivity contribution in [1.82, 2.24) is 4.90 Å². The lowest BCUT2D eigenvalue weighted by Crippen LogP contribution is -2.33. The number of piperidine rings is 1. The molecule has 2 amide bonds. The van der Waals surface area contributed by atoms with Crippen LogP contribution in [0.15, 0.2) is 65.9 Å². The van der Waals surface area contributed by atoms with E-state index in [4.69, 9.17) is 4.74 Å². The van der Waals surface area contributed by atoms with Crippen LogP contribution in [0.3, 0.4) is 0 Å². The second kappa shape index (κ2) is 9.27. The number of nitrogens with one attached hydrogen (secondary N) is 1. The Morgan fingerprint density at radius 3 is 2.45 bits per heavy atom. The van der Waals surface area contributed by atoms with Crippen LogP contribution < -0.4 is 10.2 Å². The number of ether oxygens (including phenoxy) is 1. The maximum absolute atomic E-state index is 12.9. The van der Waals surface area contributed by atoms with E-state index >= 15 is 0 Å². The van der Waals surface area contributed by atoms with E-state index in [1.807, 2.05) is 54.6 Å². The number of fused-ring (bicyclic) bond motifs is 1. The van der Waals surface area contributed by atoms with Gasteiger partial charge in [0.05, 0.1) is 18.8 Å². The summed E-state index contributed by atoms with van der Waals surface area (Å²) in [6.07, 6.45) is 3.97. The second-order valence-corrected chi connectivity index (χ2v) is 8.94. The van der Waals surface area contributed by atoms with Gasteiger partial charge in [-0.3, -0.25) is 9.59 Å². The molecule has 0 bridgehead atoms. The number of carbonyl (C=O) groups is 2. The number of amides is 2. The predicted molar refractivity (Wildman–Crippen MR) is 126 cm³/mol. The van der Waals surface area contributed by atoms with Crippen LogP contribution >= 0.6 is 0 Å². The molecular formula is C26H29N3O4. The van der Waals surface area contributed by atoms with Crippen LogP contribution in [0.25, 0.3) is 0 Å². The first-order valence-corrected chi connectivity index (χ1v) is 11.7. The third kappa shape index (κ3) is 4.46. The molecule has 3 heterocycles. The van der Waals surface area contributed by atoms with Crippen molar-refractivity contribution in [1.29, 1.82) is 0 Å². The number of nitrogens with zero attached hydrogens (tertiary/aromatic N) is 2. The van der Waals surface area contributed by atoms with Crippen molar-refractivity contribution >= 4 is 23.2 Å². The van der Waals surface area contributed by atoms with Gasteiger partial charge < -0.3 is 25.0 Å². The Kier molecular flexibility index (Phi) is 6.05. The zero-order valence-electron chi connectivity index (χ0n) is 18.6. The van der Waals surface area contributed by atoms with E-state index in [9.17, 15) is 14.7 Å². The standard InChI is InChI=1S/C26H29N3O4/c30-24-22-15-21(33-17-18-7-3-1-4-8-18)16-29(22)26(32)23(24)25(31)27-19-9-11-20(12-10-19)28-13-5-2-6-14-28/h1,3-4,7-12,21-22,30H,2,5-6,13-17H2,(H,27,31)/t21-,22?/m1/s1. The third-order valence-electron chi connectivity index (χ3n) is 6.71. The van der Waals surface area contributed by atoms with Crippen LogP contribution in [0, 0.1) is 0 Å². The smallest absolute Gasteiger partial charge is 0.264 e. The van der Waals surface area contributed by atoms with E-state index in [0.29, 0.717) is 25.3 Å². The zero-order valence-corrected chi connectivity index (χ0v) is 18.6. The number of carbonyl (C=O) groups excluding carboxylic acids is 2. The molecule has 33 heavy (non-hydrogen) atoms. The van der Waals surface area contributed by atoms with Gasteiger partial charge in [-0.1, -0.05) is 30.3 Å². The molecule has 3 aliphatic heterocycles. The van der Waals surface area contributed by atoms with E-state index in [1.54, 1.807) is 4.90 Å². The molecule has 7 nitrogen and oxygen atoms in total. The lowest BCUT2D eigenvalue weighted by molar-refractivity contribution is -0.128. The quantitative estimate of drug-likeness (QED) is 0.661. The Hall–Kier alpha value is -3.32. The van der Waals surface area contributed by atoms with Gasteiger partial charge in [0.1, 0.15) is 11.3 Å². The number of aliphatic hydroxyl groups is 1. The molecule has 3 aliphatic rings. The molecule has 0 radical (unpaired) electrons. The number of hydrogen-bond donors (Lipinski definition) is 2. The Bertz CT molecular complexity index is 1040. The van der Waals surface area contributed by atoms with Gasteiger partial charge in [-0.15, -0.1) is 0 Å². The monoisotopic (exact) mass is 447 g/mol. The molecule has 2 aromatic carbocycles. The maximum Gasteiger partial charge on any atom is 0.264 e. The molecule has 0 aliphatic carbocycles. The van der Waals surface area contributed by atoms with Gasteiger partial charge in [-0.2, -0.15) is 0 Å². The van der Waals surface area contributed by atoms with E-state index in [0.717, 1.165) is 24.3 Å². The van der Waals surface area contributed by atoms with Gasteiger partial charge in [0.2, 0.25) is 0 Å². The second-order valence-electron chi connectivity index (χ2n) is 8.94. The molecule has 2 N–H and O–H groups in total. The molecule has 1 unspecified atom stereocenters. The Labute approximate surface area is 193 Å². The first kappa shape index (κ1) is 21.5. The summed E-state index contributed by atoms with van der Waals surface area (Å²) in [5, 5.41) is 13.5. The highest BCUT2D eigenvalue weighted by Crippen LogP contribution is 2.34. The SMILES string of the molecule is O=C(Nc1ccc(N2CCCCC2)cc1)C1=C(O)C2C[C@@H](OCc3ccccc3)CN2C1=O. The Morgan fingerprint density at radius 2 is 1.76 bits per heavy atom. The number of aliphatic hydroxyl groups excluding tert-OH is 1. The molecule has 2 saturated heterocycles. The first-order chi connectivity index (χ1) is 16.1. The fraction of sp³-hybridized carbons (Fsp3) is 0.385. The number of benzene rings is 2. The van der Waals surface area contributed by atoms with Crippen LogP contribution in [0.4, 0.5) is 11.4 Å². The number of hydrogen-bond acceptors (Lipinski definition) is 5. The predicted octanol–water partition coefficient (Wildman–Crippen LogP) is 3.63. The normalized spacial score (nSPS) is 22.6. The van der Waals surface area contributed by atoms with Crippen molar-refractivity contribution in [3.63, 3.8) is 0 Å². The van der Waals surface area contributed by atoms with Crippen LogP contribution in [0.1, 0.15) is 31.2 Å². The molecule has 0 saturated carbocycles. The van der Waals surface area contributed by atoms with Crippen LogP contribution in [-0.2, 0) is 20.9 Å². The molecule has 172 valence electrons. The fourth-order valence-corrected chi connectivity index (χ4v) is 4.92. The molecule has 7 heteroatoms. The summed E-state index contributed by atoms with van der Waals surface area (Å²) < 4.78 is 5.94. The fourth-order valence-electron chi connectivity index (χ4n) is 4.92. The average molecular weight is 448 g/mol. The largest absolute Gasteiger partial charge is 0.509 e. The molecule has 2 fully saturated rings. The molecule has 0 spiro atoms. The minimum absolute atomic E-state index is 0.159. The summed E-state index contributed by atoms with van der Waals surface area (Å²) in [7, 11) is 0. The lowest BCUT2D eigenvalue weighted by Gasteiger charge is -2.28. The van der Waals surface area contributed by atoms with Gasteiger partial charge >= 0.3 is 0 Å². The van der Waals surface area contributed by atoms with Crippen LogP contribution in [0.5, 0.6) is 0 Å². The topological polar surface area (TPSA) is 82.1 Å². The molecule has 5 rings (SSSR count). The lowest BCUT2D eigenvalue weighted by atomic mass is 10.1. The summed E-state index contributed by atoms with van der Waals surface area (Å²) in [4.78, 5) is 29.6. The molecule has 0 aromatic heterocycles. The molecular weight excluding hydrogens is 418 g/mol. The van der Waals surface area contributed by atoms with E-state index in [-0.39, 0.29) is 17.4 Å². The van der Waals surface area contributed by atoms with Gasteiger partial charge in [-0.05, 0) is 49.1 Å². The summed E-state index contributed by atoms with van der Waals surface area (Å²) in [5.41, 5.74) is 2.63. The summed E-state index contributed by atoms with van der Waals surface area (Å²) in [5.74, 6) is -1.17. The zero-order chi connectivity index (χ0) is 22.8. The minimum Gasteiger partial charge on any atom is -0.509 e. The number of rotatable bonds is 6.